The Labute approximate surface area is 117 Å². The standard InChI is InChI=1S/C12H21N5O3/c1-5-7(2)9(11(18)19)15-12(20)14-8(3)10-16-13-6-17(10)4/h6-9H,5H2,1-4H3,(H,18,19)(H2,14,15,20)/t7-,8?,9-/m0/s1. The van der Waals surface area contributed by atoms with Crippen molar-refractivity contribution in [2.75, 3.05) is 0 Å². The number of hydrogen-bond donors (Lipinski definition) is 3. The summed E-state index contributed by atoms with van der Waals surface area (Å²) in [7, 11) is 1.77. The number of amides is 2. The molecule has 0 aliphatic rings. The number of carbonyl (C=O) groups is 2. The van der Waals surface area contributed by atoms with E-state index in [0.717, 1.165) is 0 Å². The molecule has 0 aromatic carbocycles. The van der Waals surface area contributed by atoms with Gasteiger partial charge in [-0.05, 0) is 12.8 Å². The Balaban J connectivity index is 2.62. The van der Waals surface area contributed by atoms with E-state index in [1.165, 1.54) is 6.33 Å². The van der Waals surface area contributed by atoms with Crippen molar-refractivity contribution in [3.8, 4) is 0 Å². The van der Waals surface area contributed by atoms with Crippen molar-refractivity contribution in [3.05, 3.63) is 12.2 Å². The normalized spacial score (nSPS) is 15.2. The van der Waals surface area contributed by atoms with E-state index in [1.807, 2.05) is 6.92 Å². The number of rotatable bonds is 6. The van der Waals surface area contributed by atoms with E-state index in [1.54, 1.807) is 25.5 Å². The van der Waals surface area contributed by atoms with Gasteiger partial charge in [-0.3, -0.25) is 0 Å². The van der Waals surface area contributed by atoms with Gasteiger partial charge in [-0.25, -0.2) is 9.59 Å². The van der Waals surface area contributed by atoms with Gasteiger partial charge < -0.3 is 20.3 Å². The van der Waals surface area contributed by atoms with Crippen LogP contribution in [0.15, 0.2) is 6.33 Å². The van der Waals surface area contributed by atoms with Gasteiger partial charge in [0.15, 0.2) is 5.82 Å². The van der Waals surface area contributed by atoms with E-state index in [2.05, 4.69) is 20.8 Å². The third kappa shape index (κ3) is 3.94. The molecular weight excluding hydrogens is 262 g/mol. The Morgan fingerprint density at radius 2 is 2.05 bits per heavy atom. The van der Waals surface area contributed by atoms with Crippen LogP contribution < -0.4 is 10.6 Å². The van der Waals surface area contributed by atoms with Gasteiger partial charge in [0, 0.05) is 7.05 Å². The van der Waals surface area contributed by atoms with Crippen molar-refractivity contribution in [2.45, 2.75) is 39.3 Å². The molecule has 8 heteroatoms. The summed E-state index contributed by atoms with van der Waals surface area (Å²) >= 11 is 0. The summed E-state index contributed by atoms with van der Waals surface area (Å²) in [5.41, 5.74) is 0. The van der Waals surface area contributed by atoms with Crippen molar-refractivity contribution < 1.29 is 14.7 Å². The lowest BCUT2D eigenvalue weighted by Gasteiger charge is -2.21. The fourth-order valence-corrected chi connectivity index (χ4v) is 1.81. The third-order valence-electron chi connectivity index (χ3n) is 3.25. The lowest BCUT2D eigenvalue weighted by Crippen LogP contribution is -2.49. The first-order valence-corrected chi connectivity index (χ1v) is 6.50. The SMILES string of the molecule is CC[C@H](C)[C@H](NC(=O)NC(C)c1nncn1C)C(=O)O. The van der Waals surface area contributed by atoms with Crippen LogP contribution in [0.25, 0.3) is 0 Å². The predicted molar refractivity (Wildman–Crippen MR) is 72.0 cm³/mol. The predicted octanol–water partition coefficient (Wildman–Crippen LogP) is 0.675. The van der Waals surface area contributed by atoms with Gasteiger partial charge in [-0.2, -0.15) is 0 Å². The van der Waals surface area contributed by atoms with E-state index in [-0.39, 0.29) is 12.0 Å². The highest BCUT2D eigenvalue weighted by Gasteiger charge is 2.26. The van der Waals surface area contributed by atoms with Crippen LogP contribution in [0.5, 0.6) is 0 Å². The molecule has 0 saturated carbocycles. The highest BCUT2D eigenvalue weighted by atomic mass is 16.4. The maximum Gasteiger partial charge on any atom is 0.326 e. The fourth-order valence-electron chi connectivity index (χ4n) is 1.81. The topological polar surface area (TPSA) is 109 Å². The van der Waals surface area contributed by atoms with Gasteiger partial charge in [0.05, 0.1) is 6.04 Å². The molecule has 1 aromatic rings. The quantitative estimate of drug-likeness (QED) is 0.711. The summed E-state index contributed by atoms with van der Waals surface area (Å²) in [4.78, 5) is 23.0. The Morgan fingerprint density at radius 3 is 2.50 bits per heavy atom. The van der Waals surface area contributed by atoms with Crippen LogP contribution in [0.3, 0.4) is 0 Å². The number of carboxylic acid groups (broad SMARTS) is 1. The van der Waals surface area contributed by atoms with Gasteiger partial charge in [-0.15, -0.1) is 10.2 Å². The summed E-state index contributed by atoms with van der Waals surface area (Å²) in [5.74, 6) is -0.597. The molecule has 0 saturated heterocycles. The smallest absolute Gasteiger partial charge is 0.326 e. The van der Waals surface area contributed by atoms with Crippen molar-refractivity contribution >= 4 is 12.0 Å². The number of carbonyl (C=O) groups excluding carboxylic acids is 1. The van der Waals surface area contributed by atoms with E-state index in [9.17, 15) is 9.59 Å². The maximum absolute atomic E-state index is 11.9. The number of nitrogens with zero attached hydrogens (tertiary/aromatic N) is 3. The van der Waals surface area contributed by atoms with Crippen LogP contribution in [0.1, 0.15) is 39.1 Å². The van der Waals surface area contributed by atoms with Crippen LogP contribution in [0.4, 0.5) is 4.79 Å². The van der Waals surface area contributed by atoms with Crippen molar-refractivity contribution in [2.24, 2.45) is 13.0 Å². The van der Waals surface area contributed by atoms with E-state index in [0.29, 0.717) is 12.2 Å². The van der Waals surface area contributed by atoms with Crippen molar-refractivity contribution in [3.63, 3.8) is 0 Å². The second kappa shape index (κ2) is 6.88. The molecule has 3 atom stereocenters. The number of urea groups is 1. The van der Waals surface area contributed by atoms with Gasteiger partial charge in [-0.1, -0.05) is 20.3 Å². The largest absolute Gasteiger partial charge is 0.480 e. The van der Waals surface area contributed by atoms with Gasteiger partial charge in [0.2, 0.25) is 0 Å². The molecule has 0 aliphatic carbocycles. The summed E-state index contributed by atoms with van der Waals surface area (Å²) in [5, 5.41) is 21.9. The highest BCUT2D eigenvalue weighted by Crippen LogP contribution is 2.09. The summed E-state index contributed by atoms with van der Waals surface area (Å²) in [6, 6.07) is -1.81. The summed E-state index contributed by atoms with van der Waals surface area (Å²) in [6.45, 7) is 5.41. The third-order valence-corrected chi connectivity index (χ3v) is 3.25. The summed E-state index contributed by atoms with van der Waals surface area (Å²) < 4.78 is 1.69. The first kappa shape index (κ1) is 15.9. The monoisotopic (exact) mass is 283 g/mol. The minimum absolute atomic E-state index is 0.150. The Bertz CT molecular complexity index is 473. The Morgan fingerprint density at radius 1 is 1.40 bits per heavy atom. The van der Waals surface area contributed by atoms with E-state index >= 15 is 0 Å². The first-order valence-electron chi connectivity index (χ1n) is 6.50. The zero-order valence-corrected chi connectivity index (χ0v) is 12.1. The zero-order valence-electron chi connectivity index (χ0n) is 12.1. The number of aliphatic carboxylic acids is 1. The zero-order chi connectivity index (χ0) is 15.3. The highest BCUT2D eigenvalue weighted by molar-refractivity contribution is 5.82. The molecule has 2 amide bonds. The lowest BCUT2D eigenvalue weighted by molar-refractivity contribution is -0.140. The van der Waals surface area contributed by atoms with Crippen LogP contribution in [0, 0.1) is 5.92 Å². The second-order valence-electron chi connectivity index (χ2n) is 4.84. The fraction of sp³-hybridized carbons (Fsp3) is 0.667. The number of hydrogen-bond acceptors (Lipinski definition) is 4. The Hall–Kier alpha value is -2.12. The second-order valence-corrected chi connectivity index (χ2v) is 4.84. The minimum Gasteiger partial charge on any atom is -0.480 e. The molecule has 1 aromatic heterocycles. The average molecular weight is 283 g/mol. The number of nitrogens with one attached hydrogen (secondary N) is 2. The number of carboxylic acids is 1. The first-order chi connectivity index (χ1) is 9.36. The number of aryl methyl sites for hydroxylation is 1. The molecule has 0 radical (unpaired) electrons. The molecule has 8 nitrogen and oxygen atoms in total. The van der Waals surface area contributed by atoms with E-state index < -0.39 is 18.0 Å². The van der Waals surface area contributed by atoms with Crippen LogP contribution in [-0.4, -0.2) is 37.9 Å². The number of aromatic nitrogens is 3. The lowest BCUT2D eigenvalue weighted by atomic mass is 9.99. The Kier molecular flexibility index (Phi) is 5.48. The molecule has 1 rings (SSSR count). The van der Waals surface area contributed by atoms with Crippen LogP contribution in [-0.2, 0) is 11.8 Å². The minimum atomic E-state index is -1.04. The van der Waals surface area contributed by atoms with Crippen molar-refractivity contribution in [1.82, 2.24) is 25.4 Å². The van der Waals surface area contributed by atoms with Gasteiger partial charge in [0.1, 0.15) is 12.4 Å². The van der Waals surface area contributed by atoms with Crippen LogP contribution in [0.2, 0.25) is 0 Å². The molecule has 1 unspecified atom stereocenters. The van der Waals surface area contributed by atoms with Gasteiger partial charge in [0.25, 0.3) is 0 Å². The molecule has 0 fully saturated rings. The average Bonchev–Trinajstić information content (AvgIpc) is 2.81. The van der Waals surface area contributed by atoms with Crippen LogP contribution >= 0.6 is 0 Å². The van der Waals surface area contributed by atoms with Gasteiger partial charge >= 0.3 is 12.0 Å². The molecule has 3 N–H and O–H groups in total. The maximum atomic E-state index is 11.9. The molecule has 0 aliphatic heterocycles. The summed E-state index contributed by atoms with van der Waals surface area (Å²) in [6.07, 6.45) is 2.20. The molecular formula is C12H21N5O3. The molecule has 1 heterocycles. The molecule has 0 spiro atoms. The molecule has 20 heavy (non-hydrogen) atoms. The molecule has 112 valence electrons. The molecule has 0 bridgehead atoms. The van der Waals surface area contributed by atoms with Crippen molar-refractivity contribution in [1.29, 1.82) is 0 Å². The van der Waals surface area contributed by atoms with E-state index in [4.69, 9.17) is 5.11 Å².